The summed E-state index contributed by atoms with van der Waals surface area (Å²) in [5.41, 5.74) is 7.94. The number of H-pyrrole nitrogens is 2. The van der Waals surface area contributed by atoms with E-state index < -0.39 is 5.54 Å². The summed E-state index contributed by atoms with van der Waals surface area (Å²) in [7, 11) is 0. The molecule has 11 heteroatoms. The van der Waals surface area contributed by atoms with E-state index in [1.165, 1.54) is 19.0 Å². The first-order valence-corrected chi connectivity index (χ1v) is 11.7. The largest absolute Gasteiger partial charge is 0.387 e. The molecule has 6 N–H and O–H groups in total. The number of pyridine rings is 1. The van der Waals surface area contributed by atoms with Crippen molar-refractivity contribution in [1.82, 2.24) is 20.2 Å². The summed E-state index contributed by atoms with van der Waals surface area (Å²) in [5.74, 6) is 1.76. The van der Waals surface area contributed by atoms with Crippen LogP contribution in [0.3, 0.4) is 0 Å². The summed E-state index contributed by atoms with van der Waals surface area (Å²) < 4.78 is 1.83. The fraction of sp³-hybridized carbons (Fsp3) is 0.348. The zero-order valence-electron chi connectivity index (χ0n) is 18.8. The van der Waals surface area contributed by atoms with E-state index in [1.807, 2.05) is 35.9 Å². The number of rotatable bonds is 5. The van der Waals surface area contributed by atoms with E-state index >= 15 is 0 Å². The minimum absolute atomic E-state index is 0.214. The van der Waals surface area contributed by atoms with Gasteiger partial charge in [-0.15, -0.1) is 0 Å². The number of anilines is 2. The average molecular weight is 481 g/mol. The molecule has 2 aliphatic rings. The first-order valence-electron chi connectivity index (χ1n) is 11.3. The van der Waals surface area contributed by atoms with Crippen molar-refractivity contribution in [2.45, 2.75) is 44.1 Å². The van der Waals surface area contributed by atoms with Gasteiger partial charge in [-0.1, -0.05) is 16.6 Å². The fourth-order valence-electron chi connectivity index (χ4n) is 4.23. The second-order valence-electron chi connectivity index (χ2n) is 8.85. The topological polar surface area (TPSA) is 140 Å². The quantitative estimate of drug-likeness (QED) is 0.217. The van der Waals surface area contributed by atoms with Crippen LogP contribution in [0.5, 0.6) is 0 Å². The van der Waals surface area contributed by atoms with Gasteiger partial charge in [0, 0.05) is 30.1 Å². The molecule has 0 bridgehead atoms. The molecule has 5 rings (SSSR count). The second-order valence-corrected chi connectivity index (χ2v) is 9.26. The third-order valence-corrected chi connectivity index (χ3v) is 6.69. The number of nitrogens with two attached hydrogens (primary N) is 1. The molecule has 1 aliphatic heterocycles. The average Bonchev–Trinajstić information content (AvgIpc) is 3.19. The Morgan fingerprint density at radius 2 is 2.21 bits per heavy atom. The number of carbonyl (C=O) groups is 1. The number of hydrogen-bond acceptors (Lipinski definition) is 3. The molecule has 1 aliphatic carbocycles. The number of nitrogens with one attached hydrogen (secondary N) is 4. The Morgan fingerprint density at radius 1 is 1.35 bits per heavy atom. The molecule has 0 radical (unpaired) electrons. The monoisotopic (exact) mass is 480 g/mol. The molecule has 34 heavy (non-hydrogen) atoms. The maximum atomic E-state index is 13.3. The van der Waals surface area contributed by atoms with Crippen LogP contribution in [0.1, 0.15) is 49.9 Å². The molecule has 4 heterocycles. The summed E-state index contributed by atoms with van der Waals surface area (Å²) in [4.78, 5) is 25.2. The SMILES string of the molecule is C[C@@]1(C(=O)Nc2cnccc2Cl)CCC[N+]1=C(N)N=C(Nc1cc(C2CC2)[nH]n1)c1ccc[nH]1. The van der Waals surface area contributed by atoms with Crippen molar-refractivity contribution in [2.24, 2.45) is 10.7 Å². The normalized spacial score (nSPS) is 22.0. The molecule has 0 spiro atoms. The molecule has 0 unspecified atom stereocenters. The Morgan fingerprint density at radius 3 is 2.94 bits per heavy atom. The Hall–Kier alpha value is -3.66. The standard InChI is InChI=1S/C23H26ClN9O/c1-23(21(34)28-18-13-26-10-7-15(18)24)8-3-11-33(23)22(25)30-20(16-4-2-9-27-16)29-19-12-17(31-32-19)14-5-6-14/h2,4,7,9-10,12-14H,3,5-6,8,11H2,1H3,(H5,25,27,28,29,30,31,32,34)/p+1/t23-/m0/s1. The number of aromatic nitrogens is 4. The van der Waals surface area contributed by atoms with Gasteiger partial charge in [0.05, 0.1) is 29.1 Å². The molecule has 3 aromatic heterocycles. The number of aromatic amines is 2. The van der Waals surface area contributed by atoms with Gasteiger partial charge in [0.25, 0.3) is 5.91 Å². The van der Waals surface area contributed by atoms with Gasteiger partial charge in [0.2, 0.25) is 5.84 Å². The van der Waals surface area contributed by atoms with Crippen LogP contribution >= 0.6 is 11.6 Å². The Balaban J connectivity index is 1.44. The predicted molar refractivity (Wildman–Crippen MR) is 131 cm³/mol. The number of guanidine groups is 1. The van der Waals surface area contributed by atoms with Gasteiger partial charge in [0.15, 0.2) is 11.4 Å². The minimum Gasteiger partial charge on any atom is -0.357 e. The van der Waals surface area contributed by atoms with Crippen LogP contribution in [0.25, 0.3) is 0 Å². The van der Waals surface area contributed by atoms with E-state index in [0.717, 1.165) is 17.8 Å². The third-order valence-electron chi connectivity index (χ3n) is 6.36. The van der Waals surface area contributed by atoms with Crippen LogP contribution in [-0.4, -0.2) is 54.5 Å². The lowest BCUT2D eigenvalue weighted by atomic mass is 9.98. The van der Waals surface area contributed by atoms with Gasteiger partial charge in [-0.3, -0.25) is 20.6 Å². The lowest BCUT2D eigenvalue weighted by Crippen LogP contribution is -2.49. The summed E-state index contributed by atoms with van der Waals surface area (Å²) in [6.45, 7) is 2.46. The molecule has 10 nitrogen and oxygen atoms in total. The van der Waals surface area contributed by atoms with E-state index in [-0.39, 0.29) is 11.9 Å². The highest BCUT2D eigenvalue weighted by Crippen LogP contribution is 2.39. The van der Waals surface area contributed by atoms with Gasteiger partial charge in [-0.2, -0.15) is 5.10 Å². The van der Waals surface area contributed by atoms with Crippen LogP contribution in [0, 0.1) is 0 Å². The van der Waals surface area contributed by atoms with Crippen LogP contribution < -0.4 is 16.4 Å². The molecular weight excluding hydrogens is 454 g/mol. The van der Waals surface area contributed by atoms with Crippen molar-refractivity contribution < 1.29 is 9.37 Å². The maximum absolute atomic E-state index is 13.3. The van der Waals surface area contributed by atoms with E-state index in [1.54, 1.807) is 12.3 Å². The summed E-state index contributed by atoms with van der Waals surface area (Å²) in [6, 6.07) is 7.41. The van der Waals surface area contributed by atoms with Crippen molar-refractivity contribution in [1.29, 1.82) is 0 Å². The summed E-state index contributed by atoms with van der Waals surface area (Å²) in [6.07, 6.45) is 8.71. The van der Waals surface area contributed by atoms with E-state index in [2.05, 4.69) is 30.8 Å². The molecule has 1 atom stereocenters. The number of amides is 1. The molecule has 1 saturated heterocycles. The van der Waals surface area contributed by atoms with Gasteiger partial charge in [-0.05, 0) is 50.8 Å². The Kier molecular flexibility index (Phi) is 5.82. The Labute approximate surface area is 201 Å². The molecule has 1 amide bonds. The van der Waals surface area contributed by atoms with Crippen LogP contribution in [0.4, 0.5) is 11.5 Å². The Bertz CT molecular complexity index is 1260. The van der Waals surface area contributed by atoms with Crippen molar-refractivity contribution in [2.75, 3.05) is 17.2 Å². The van der Waals surface area contributed by atoms with Crippen molar-refractivity contribution >= 4 is 40.8 Å². The first-order chi connectivity index (χ1) is 16.4. The van der Waals surface area contributed by atoms with E-state index in [9.17, 15) is 4.79 Å². The lowest BCUT2D eigenvalue weighted by molar-refractivity contribution is -0.567. The smallest absolute Gasteiger partial charge is 0.357 e. The number of amidine groups is 1. The highest BCUT2D eigenvalue weighted by molar-refractivity contribution is 6.33. The zero-order valence-corrected chi connectivity index (χ0v) is 19.6. The minimum atomic E-state index is -0.890. The first kappa shape index (κ1) is 22.1. The fourth-order valence-corrected chi connectivity index (χ4v) is 4.38. The third kappa shape index (κ3) is 4.41. The molecule has 0 aromatic carbocycles. The van der Waals surface area contributed by atoms with Crippen LogP contribution in [0.15, 0.2) is 47.8 Å². The van der Waals surface area contributed by atoms with Crippen LogP contribution in [0.2, 0.25) is 5.02 Å². The van der Waals surface area contributed by atoms with E-state index in [4.69, 9.17) is 22.3 Å². The number of carbonyl (C=O) groups excluding carboxylic acids is 1. The number of halogens is 1. The molecule has 3 aromatic rings. The van der Waals surface area contributed by atoms with Crippen LogP contribution in [-0.2, 0) is 4.79 Å². The number of nitrogens with zero attached hydrogens (tertiary/aromatic N) is 4. The maximum Gasteiger partial charge on any atom is 0.387 e. The van der Waals surface area contributed by atoms with Gasteiger partial charge in [-0.25, -0.2) is 4.58 Å². The predicted octanol–water partition coefficient (Wildman–Crippen LogP) is 3.04. The van der Waals surface area contributed by atoms with E-state index in [0.29, 0.717) is 41.2 Å². The van der Waals surface area contributed by atoms with Crippen molar-refractivity contribution in [3.05, 3.63) is 59.3 Å². The van der Waals surface area contributed by atoms with Gasteiger partial charge >= 0.3 is 5.96 Å². The molecule has 2 fully saturated rings. The number of hydrogen-bond donors (Lipinski definition) is 5. The second kappa shape index (κ2) is 8.94. The summed E-state index contributed by atoms with van der Waals surface area (Å²) >= 11 is 6.21. The highest BCUT2D eigenvalue weighted by Gasteiger charge is 2.45. The molecule has 1 saturated carbocycles. The zero-order chi connectivity index (χ0) is 23.7. The highest BCUT2D eigenvalue weighted by atomic mass is 35.5. The van der Waals surface area contributed by atoms with Gasteiger partial charge in [0.1, 0.15) is 0 Å². The lowest BCUT2D eigenvalue weighted by Gasteiger charge is -2.24. The van der Waals surface area contributed by atoms with Crippen molar-refractivity contribution in [3.8, 4) is 0 Å². The summed E-state index contributed by atoms with van der Waals surface area (Å²) in [5, 5.41) is 14.0. The van der Waals surface area contributed by atoms with Crippen molar-refractivity contribution in [3.63, 3.8) is 0 Å². The number of aliphatic imine (C=N–C) groups is 1. The van der Waals surface area contributed by atoms with Gasteiger partial charge < -0.3 is 15.6 Å². The molecule has 176 valence electrons. The molecular formula is C23H27ClN9O+.